The Kier molecular flexibility index (Phi) is 2.83. The normalized spacial score (nSPS) is 9.87. The maximum atomic E-state index is 10.2. The van der Waals surface area contributed by atoms with E-state index in [9.17, 15) is 4.79 Å². The van der Waals surface area contributed by atoms with Crippen molar-refractivity contribution in [2.45, 2.75) is 0 Å². The molecule has 0 saturated carbocycles. The van der Waals surface area contributed by atoms with Crippen LogP contribution in [0.5, 0.6) is 0 Å². The van der Waals surface area contributed by atoms with E-state index in [4.69, 9.17) is 7.85 Å². The van der Waals surface area contributed by atoms with Crippen molar-refractivity contribution in [3.05, 3.63) is 29.6 Å². The molecule has 15 heavy (non-hydrogen) atoms. The standard InChI is InChI=1S/C10H7BN2OS/c11-8-3-1-2-7(4-8)9-5-15-10(13-9)12-6-14/h1-6H,(H,12,13,14). The Balaban J connectivity index is 2.32. The number of hydrogen-bond acceptors (Lipinski definition) is 3. The van der Waals surface area contributed by atoms with Crippen molar-refractivity contribution in [3.8, 4) is 11.3 Å². The third kappa shape index (κ3) is 2.25. The van der Waals surface area contributed by atoms with Gasteiger partial charge in [-0.2, -0.15) is 0 Å². The lowest BCUT2D eigenvalue weighted by Crippen LogP contribution is -2.00. The zero-order valence-electron chi connectivity index (χ0n) is 7.81. The number of aromatic nitrogens is 1. The van der Waals surface area contributed by atoms with Crippen LogP contribution >= 0.6 is 11.3 Å². The second kappa shape index (κ2) is 4.27. The van der Waals surface area contributed by atoms with Crippen molar-refractivity contribution in [1.82, 2.24) is 4.98 Å². The number of amides is 1. The van der Waals surface area contributed by atoms with Crippen LogP contribution in [0.15, 0.2) is 29.6 Å². The highest BCUT2D eigenvalue weighted by molar-refractivity contribution is 7.14. The van der Waals surface area contributed by atoms with Crippen LogP contribution < -0.4 is 10.8 Å². The number of hydrogen-bond donors (Lipinski definition) is 1. The quantitative estimate of drug-likeness (QED) is 0.615. The minimum absolute atomic E-state index is 0.586. The number of carbonyl (C=O) groups is 1. The SMILES string of the molecule is [B]c1cccc(-c2csc(NC=O)n2)c1. The third-order valence-corrected chi connectivity index (χ3v) is 2.64. The molecule has 72 valence electrons. The van der Waals surface area contributed by atoms with Crippen LogP contribution in [0.4, 0.5) is 5.13 Å². The van der Waals surface area contributed by atoms with Gasteiger partial charge in [0.15, 0.2) is 5.13 Å². The van der Waals surface area contributed by atoms with Gasteiger partial charge in [0.05, 0.1) is 5.69 Å². The molecule has 3 nitrogen and oxygen atoms in total. The smallest absolute Gasteiger partial charge is 0.213 e. The molecule has 0 atom stereocenters. The van der Waals surface area contributed by atoms with Crippen molar-refractivity contribution in [3.63, 3.8) is 0 Å². The highest BCUT2D eigenvalue weighted by Gasteiger charge is 2.03. The molecule has 1 aromatic carbocycles. The monoisotopic (exact) mass is 214 g/mol. The molecule has 5 heteroatoms. The molecule has 2 aromatic rings. The number of anilines is 1. The van der Waals surface area contributed by atoms with Gasteiger partial charge in [0, 0.05) is 10.9 Å². The zero-order chi connectivity index (χ0) is 10.7. The molecule has 0 spiro atoms. The van der Waals surface area contributed by atoms with Gasteiger partial charge in [0.1, 0.15) is 7.85 Å². The van der Waals surface area contributed by atoms with Crippen LogP contribution in [0.1, 0.15) is 0 Å². The van der Waals surface area contributed by atoms with E-state index in [2.05, 4.69) is 10.3 Å². The van der Waals surface area contributed by atoms with Crippen LogP contribution in [-0.2, 0) is 4.79 Å². The van der Waals surface area contributed by atoms with Gasteiger partial charge in [0.2, 0.25) is 6.41 Å². The second-order valence-electron chi connectivity index (χ2n) is 2.93. The molecule has 0 aliphatic carbocycles. The summed E-state index contributed by atoms with van der Waals surface area (Å²) < 4.78 is 0. The van der Waals surface area contributed by atoms with Gasteiger partial charge >= 0.3 is 0 Å². The fourth-order valence-corrected chi connectivity index (χ4v) is 1.90. The summed E-state index contributed by atoms with van der Waals surface area (Å²) in [5.74, 6) is 0. The molecule has 0 saturated heterocycles. The van der Waals surface area contributed by atoms with Crippen molar-refractivity contribution in [2.75, 3.05) is 5.32 Å². The molecule has 0 bridgehead atoms. The topological polar surface area (TPSA) is 42.0 Å². The van der Waals surface area contributed by atoms with Gasteiger partial charge in [-0.25, -0.2) is 4.98 Å². The van der Waals surface area contributed by atoms with Gasteiger partial charge in [-0.05, 0) is 0 Å². The molecular formula is C10H7BN2OS. The van der Waals surface area contributed by atoms with E-state index in [-0.39, 0.29) is 0 Å². The summed E-state index contributed by atoms with van der Waals surface area (Å²) in [6, 6.07) is 7.47. The Morgan fingerprint density at radius 2 is 2.33 bits per heavy atom. The zero-order valence-corrected chi connectivity index (χ0v) is 8.62. The van der Waals surface area contributed by atoms with E-state index in [1.54, 1.807) is 0 Å². The molecule has 0 unspecified atom stereocenters. The first-order chi connectivity index (χ1) is 7.29. The van der Waals surface area contributed by atoms with Crippen LogP contribution in [0, 0.1) is 0 Å². The lowest BCUT2D eigenvalue weighted by atomic mass is 9.94. The summed E-state index contributed by atoms with van der Waals surface area (Å²) in [5, 5.41) is 4.97. The van der Waals surface area contributed by atoms with E-state index in [1.807, 2.05) is 29.6 Å². The third-order valence-electron chi connectivity index (χ3n) is 1.87. The molecule has 0 aliphatic heterocycles. The summed E-state index contributed by atoms with van der Waals surface area (Å²) >= 11 is 1.38. The summed E-state index contributed by atoms with van der Waals surface area (Å²) in [7, 11) is 5.67. The van der Waals surface area contributed by atoms with Crippen LogP contribution in [0.3, 0.4) is 0 Å². The average molecular weight is 214 g/mol. The van der Waals surface area contributed by atoms with Gasteiger partial charge in [-0.15, -0.1) is 11.3 Å². The largest absolute Gasteiger partial charge is 0.305 e. The summed E-state index contributed by atoms with van der Waals surface area (Å²) in [4.78, 5) is 14.4. The highest BCUT2D eigenvalue weighted by Crippen LogP contribution is 2.23. The lowest BCUT2D eigenvalue weighted by Gasteiger charge is -1.97. The van der Waals surface area contributed by atoms with Gasteiger partial charge < -0.3 is 5.32 Å². The second-order valence-corrected chi connectivity index (χ2v) is 3.78. The van der Waals surface area contributed by atoms with Gasteiger partial charge in [0.25, 0.3) is 0 Å². The van der Waals surface area contributed by atoms with Gasteiger partial charge in [-0.3, -0.25) is 4.79 Å². The Bertz CT molecular complexity index is 484. The average Bonchev–Trinajstić information content (AvgIpc) is 2.67. The molecule has 1 amide bonds. The van der Waals surface area contributed by atoms with Crippen molar-refractivity contribution < 1.29 is 4.79 Å². The Morgan fingerprint density at radius 3 is 3.07 bits per heavy atom. The van der Waals surface area contributed by atoms with E-state index in [1.165, 1.54) is 11.3 Å². The van der Waals surface area contributed by atoms with Crippen LogP contribution in [-0.4, -0.2) is 19.2 Å². The summed E-state index contributed by atoms with van der Waals surface area (Å²) in [6.45, 7) is 0. The number of carbonyl (C=O) groups excluding carboxylic acids is 1. The predicted molar refractivity (Wildman–Crippen MR) is 62.6 cm³/mol. The number of nitrogens with zero attached hydrogens (tertiary/aromatic N) is 1. The van der Waals surface area contributed by atoms with Crippen molar-refractivity contribution in [1.29, 1.82) is 0 Å². The van der Waals surface area contributed by atoms with E-state index in [0.29, 0.717) is 17.0 Å². The number of nitrogens with one attached hydrogen (secondary N) is 1. The Labute approximate surface area is 92.6 Å². The van der Waals surface area contributed by atoms with Crippen LogP contribution in [0.2, 0.25) is 0 Å². The maximum absolute atomic E-state index is 10.2. The Morgan fingerprint density at radius 1 is 1.47 bits per heavy atom. The summed E-state index contributed by atoms with van der Waals surface area (Å²) in [6.07, 6.45) is 0.613. The van der Waals surface area contributed by atoms with E-state index in [0.717, 1.165) is 11.3 Å². The predicted octanol–water partition coefficient (Wildman–Crippen LogP) is 1.17. The molecule has 2 radical (unpaired) electrons. The first-order valence-electron chi connectivity index (χ1n) is 4.31. The number of benzene rings is 1. The minimum atomic E-state index is 0.586. The molecule has 2 rings (SSSR count). The Hall–Kier alpha value is -1.62. The molecule has 0 aliphatic rings. The summed E-state index contributed by atoms with van der Waals surface area (Å²) in [5.41, 5.74) is 2.47. The molecular weight excluding hydrogens is 207 g/mol. The van der Waals surface area contributed by atoms with Crippen molar-refractivity contribution >= 4 is 36.2 Å². The molecule has 0 fully saturated rings. The number of rotatable bonds is 3. The molecule has 1 heterocycles. The molecule has 1 N–H and O–H groups in total. The van der Waals surface area contributed by atoms with Crippen molar-refractivity contribution in [2.24, 2.45) is 0 Å². The van der Waals surface area contributed by atoms with Crippen LogP contribution in [0.25, 0.3) is 11.3 Å². The first kappa shape index (κ1) is 9.92. The first-order valence-corrected chi connectivity index (χ1v) is 5.19. The van der Waals surface area contributed by atoms with E-state index < -0.39 is 0 Å². The molecule has 1 aromatic heterocycles. The van der Waals surface area contributed by atoms with E-state index >= 15 is 0 Å². The fraction of sp³-hybridized carbons (Fsp3) is 0. The maximum Gasteiger partial charge on any atom is 0.213 e. The van der Waals surface area contributed by atoms with Gasteiger partial charge in [-0.1, -0.05) is 29.7 Å². The minimum Gasteiger partial charge on any atom is -0.305 e. The highest BCUT2D eigenvalue weighted by atomic mass is 32.1. The fourth-order valence-electron chi connectivity index (χ4n) is 1.22. The lowest BCUT2D eigenvalue weighted by molar-refractivity contribution is -0.105. The number of thiazole rings is 1.